The van der Waals surface area contributed by atoms with E-state index >= 15 is 0 Å². The van der Waals surface area contributed by atoms with Crippen LogP contribution in [0.1, 0.15) is 42.5 Å². The standard InChI is InChI=1S/C25H29N3O6/c1-32-21-14-17(19(15-22(21)33-2)26-23(29)16-8-3-4-9-16)24(30)34-13-7-12-28-20-11-6-5-10-18(20)27-25(28)31/h5-6,10-11,14-16H,3-4,7-9,12-13H2,1-2H3,(H,26,29)(H,27,31). The summed E-state index contributed by atoms with van der Waals surface area (Å²) in [7, 11) is 2.97. The lowest BCUT2D eigenvalue weighted by molar-refractivity contribution is -0.119. The number of ether oxygens (including phenoxy) is 3. The third kappa shape index (κ3) is 4.93. The maximum atomic E-state index is 12.9. The van der Waals surface area contributed by atoms with Crippen LogP contribution in [0.2, 0.25) is 0 Å². The van der Waals surface area contributed by atoms with Crippen LogP contribution in [0.5, 0.6) is 11.5 Å². The van der Waals surface area contributed by atoms with Gasteiger partial charge < -0.3 is 24.5 Å². The van der Waals surface area contributed by atoms with Crippen LogP contribution < -0.4 is 20.5 Å². The number of nitrogens with one attached hydrogen (secondary N) is 2. The Morgan fingerprint density at radius 3 is 2.53 bits per heavy atom. The predicted molar refractivity (Wildman–Crippen MR) is 128 cm³/mol. The van der Waals surface area contributed by atoms with E-state index in [-0.39, 0.29) is 29.7 Å². The van der Waals surface area contributed by atoms with Gasteiger partial charge in [0, 0.05) is 24.6 Å². The third-order valence-electron chi connectivity index (χ3n) is 6.17. The van der Waals surface area contributed by atoms with Gasteiger partial charge in [-0.1, -0.05) is 25.0 Å². The molecule has 9 nitrogen and oxygen atoms in total. The molecule has 1 amide bonds. The molecule has 3 aromatic rings. The van der Waals surface area contributed by atoms with Gasteiger partial charge in [-0.15, -0.1) is 0 Å². The van der Waals surface area contributed by atoms with Crippen LogP contribution in [0.15, 0.2) is 41.2 Å². The molecule has 180 valence electrons. The zero-order valence-electron chi connectivity index (χ0n) is 19.4. The number of benzene rings is 2. The molecule has 1 aromatic heterocycles. The molecule has 1 heterocycles. The number of anilines is 1. The SMILES string of the molecule is COc1cc(NC(=O)C2CCCC2)c(C(=O)OCCCn2c(=O)[nH]c3ccccc32)cc1OC. The highest BCUT2D eigenvalue weighted by Gasteiger charge is 2.25. The second-order valence-electron chi connectivity index (χ2n) is 8.31. The first-order valence-corrected chi connectivity index (χ1v) is 11.4. The van der Waals surface area contributed by atoms with Gasteiger partial charge in [0.15, 0.2) is 11.5 Å². The lowest BCUT2D eigenvalue weighted by Gasteiger charge is -2.17. The molecule has 2 aromatic carbocycles. The van der Waals surface area contributed by atoms with Gasteiger partial charge in [-0.2, -0.15) is 0 Å². The van der Waals surface area contributed by atoms with E-state index in [0.29, 0.717) is 30.2 Å². The summed E-state index contributed by atoms with van der Waals surface area (Å²) in [5.41, 5.74) is 1.87. The normalized spacial score (nSPS) is 13.7. The van der Waals surface area contributed by atoms with Gasteiger partial charge in [-0.3, -0.25) is 9.36 Å². The first-order chi connectivity index (χ1) is 16.5. The molecule has 0 bridgehead atoms. The molecule has 1 aliphatic rings. The summed E-state index contributed by atoms with van der Waals surface area (Å²) in [6, 6.07) is 10.5. The number of methoxy groups -OCH3 is 2. The number of carbonyl (C=O) groups excluding carboxylic acids is 2. The van der Waals surface area contributed by atoms with Crippen molar-refractivity contribution in [1.82, 2.24) is 9.55 Å². The molecule has 0 saturated heterocycles. The van der Waals surface area contributed by atoms with E-state index in [4.69, 9.17) is 14.2 Å². The van der Waals surface area contributed by atoms with E-state index < -0.39 is 5.97 Å². The Hall–Kier alpha value is -3.75. The van der Waals surface area contributed by atoms with Gasteiger partial charge in [0.2, 0.25) is 5.91 Å². The largest absolute Gasteiger partial charge is 0.493 e. The minimum Gasteiger partial charge on any atom is -0.493 e. The maximum Gasteiger partial charge on any atom is 0.340 e. The van der Waals surface area contributed by atoms with E-state index in [1.54, 1.807) is 10.6 Å². The number of amides is 1. The van der Waals surface area contributed by atoms with Gasteiger partial charge in [0.1, 0.15) is 0 Å². The highest BCUT2D eigenvalue weighted by atomic mass is 16.5. The monoisotopic (exact) mass is 467 g/mol. The van der Waals surface area contributed by atoms with Crippen LogP contribution in [-0.2, 0) is 16.1 Å². The van der Waals surface area contributed by atoms with Crippen molar-refractivity contribution in [3.63, 3.8) is 0 Å². The van der Waals surface area contributed by atoms with E-state index in [1.807, 2.05) is 24.3 Å². The molecule has 0 radical (unpaired) electrons. The topological polar surface area (TPSA) is 112 Å². The number of rotatable bonds is 9. The predicted octanol–water partition coefficient (Wildman–Crippen LogP) is 3.72. The Labute approximate surface area is 197 Å². The van der Waals surface area contributed by atoms with Crippen molar-refractivity contribution in [2.45, 2.75) is 38.6 Å². The van der Waals surface area contributed by atoms with Crippen LogP contribution in [0.4, 0.5) is 5.69 Å². The van der Waals surface area contributed by atoms with Gasteiger partial charge in [0.05, 0.1) is 43.1 Å². The molecule has 0 aliphatic heterocycles. The summed E-state index contributed by atoms with van der Waals surface area (Å²) in [5, 5.41) is 2.87. The second kappa shape index (κ2) is 10.5. The van der Waals surface area contributed by atoms with Crippen molar-refractivity contribution >= 4 is 28.6 Å². The summed E-state index contributed by atoms with van der Waals surface area (Å²) in [6.45, 7) is 0.502. The van der Waals surface area contributed by atoms with Crippen LogP contribution in [0.25, 0.3) is 11.0 Å². The number of H-pyrrole nitrogens is 1. The fourth-order valence-corrected chi connectivity index (χ4v) is 4.37. The zero-order valence-corrected chi connectivity index (χ0v) is 19.4. The fourth-order valence-electron chi connectivity index (χ4n) is 4.37. The number of para-hydroxylation sites is 2. The average Bonchev–Trinajstić information content (AvgIpc) is 3.49. The first kappa shape index (κ1) is 23.4. The van der Waals surface area contributed by atoms with Crippen molar-refractivity contribution in [1.29, 1.82) is 0 Å². The molecular weight excluding hydrogens is 438 g/mol. The lowest BCUT2D eigenvalue weighted by atomic mass is 10.1. The lowest BCUT2D eigenvalue weighted by Crippen LogP contribution is -2.22. The van der Waals surface area contributed by atoms with Crippen molar-refractivity contribution < 1.29 is 23.8 Å². The van der Waals surface area contributed by atoms with Crippen LogP contribution in [0.3, 0.4) is 0 Å². The van der Waals surface area contributed by atoms with Crippen molar-refractivity contribution in [3.05, 3.63) is 52.4 Å². The Morgan fingerprint density at radius 1 is 1.09 bits per heavy atom. The summed E-state index contributed by atoms with van der Waals surface area (Å²) in [4.78, 5) is 40.7. The molecule has 1 saturated carbocycles. The number of imidazole rings is 1. The molecule has 4 rings (SSSR count). The van der Waals surface area contributed by atoms with Crippen molar-refractivity contribution in [3.8, 4) is 11.5 Å². The Kier molecular flexibility index (Phi) is 7.20. The minimum atomic E-state index is -0.589. The van der Waals surface area contributed by atoms with Crippen molar-refractivity contribution in [2.75, 3.05) is 26.1 Å². The Bertz CT molecular complexity index is 1240. The number of carbonyl (C=O) groups is 2. The molecule has 34 heavy (non-hydrogen) atoms. The maximum absolute atomic E-state index is 12.9. The molecule has 0 atom stereocenters. The first-order valence-electron chi connectivity index (χ1n) is 11.4. The number of aryl methyl sites for hydroxylation is 1. The van der Waals surface area contributed by atoms with E-state index in [2.05, 4.69) is 10.3 Å². The molecule has 2 N–H and O–H groups in total. The van der Waals surface area contributed by atoms with E-state index in [0.717, 1.165) is 36.7 Å². The highest BCUT2D eigenvalue weighted by molar-refractivity contribution is 6.02. The number of hydrogen-bond acceptors (Lipinski definition) is 6. The van der Waals surface area contributed by atoms with Gasteiger partial charge in [0.25, 0.3) is 0 Å². The summed E-state index contributed by atoms with van der Waals surface area (Å²) >= 11 is 0. The summed E-state index contributed by atoms with van der Waals surface area (Å²) in [6.07, 6.45) is 4.18. The Morgan fingerprint density at radius 2 is 1.79 bits per heavy atom. The number of hydrogen-bond donors (Lipinski definition) is 2. The minimum absolute atomic E-state index is 0.0635. The number of aromatic nitrogens is 2. The van der Waals surface area contributed by atoms with Crippen LogP contribution >= 0.6 is 0 Å². The summed E-state index contributed by atoms with van der Waals surface area (Å²) in [5.74, 6) is -0.00368. The number of aromatic amines is 1. The summed E-state index contributed by atoms with van der Waals surface area (Å²) < 4.78 is 17.8. The average molecular weight is 468 g/mol. The molecule has 1 aliphatic carbocycles. The van der Waals surface area contributed by atoms with Gasteiger partial charge >= 0.3 is 11.7 Å². The van der Waals surface area contributed by atoms with Gasteiger partial charge in [-0.05, 0) is 31.4 Å². The van der Waals surface area contributed by atoms with Gasteiger partial charge in [-0.25, -0.2) is 9.59 Å². The fraction of sp³-hybridized carbons (Fsp3) is 0.400. The third-order valence-corrected chi connectivity index (χ3v) is 6.17. The second-order valence-corrected chi connectivity index (χ2v) is 8.31. The van der Waals surface area contributed by atoms with E-state index in [1.165, 1.54) is 20.3 Å². The quantitative estimate of drug-likeness (QED) is 0.366. The number of esters is 1. The number of fused-ring (bicyclic) bond motifs is 1. The molecule has 0 spiro atoms. The smallest absolute Gasteiger partial charge is 0.340 e. The molecule has 9 heteroatoms. The molecule has 1 fully saturated rings. The Balaban J connectivity index is 1.45. The van der Waals surface area contributed by atoms with Crippen LogP contribution in [-0.4, -0.2) is 42.3 Å². The molecule has 0 unspecified atom stereocenters. The number of nitrogens with zero attached hydrogens (tertiary/aromatic N) is 1. The molecular formula is C25H29N3O6. The van der Waals surface area contributed by atoms with Crippen molar-refractivity contribution in [2.24, 2.45) is 5.92 Å². The zero-order chi connectivity index (χ0) is 24.1. The highest BCUT2D eigenvalue weighted by Crippen LogP contribution is 2.35. The van der Waals surface area contributed by atoms with Crippen LogP contribution in [0, 0.1) is 5.92 Å². The van der Waals surface area contributed by atoms with E-state index in [9.17, 15) is 14.4 Å².